The Kier molecular flexibility index (Phi) is 5.24. The molecule has 0 amide bonds. The molecule has 0 aliphatic rings. The first-order valence-corrected chi connectivity index (χ1v) is 7.95. The van der Waals surface area contributed by atoms with E-state index >= 15 is 0 Å². The van der Waals surface area contributed by atoms with Crippen molar-refractivity contribution in [2.24, 2.45) is 5.92 Å². The Morgan fingerprint density at radius 1 is 1.10 bits per heavy atom. The Morgan fingerprint density at radius 2 is 1.80 bits per heavy atom. The average molecular weight is 272 g/mol. The number of benzene rings is 1. The molecule has 20 heavy (non-hydrogen) atoms. The molecule has 0 fully saturated rings. The van der Waals surface area contributed by atoms with Gasteiger partial charge in [-0.25, -0.2) is 0 Å². The molecule has 2 heteroatoms. The molecule has 0 aliphatic carbocycles. The molecule has 110 valence electrons. The molecule has 2 nitrogen and oxygen atoms in total. The van der Waals surface area contributed by atoms with Gasteiger partial charge in [0.25, 0.3) is 0 Å². The number of rotatable bonds is 7. The van der Waals surface area contributed by atoms with Gasteiger partial charge in [0.15, 0.2) is 0 Å². The van der Waals surface area contributed by atoms with Crippen molar-refractivity contribution in [3.63, 3.8) is 0 Å². The fourth-order valence-corrected chi connectivity index (χ4v) is 2.75. The maximum atomic E-state index is 3.54. The Hall–Kier alpha value is -1.28. The fraction of sp³-hybridized carbons (Fsp3) is 0.556. The number of hydrogen-bond donors (Lipinski definition) is 1. The van der Waals surface area contributed by atoms with Crippen molar-refractivity contribution in [1.29, 1.82) is 0 Å². The monoisotopic (exact) mass is 272 g/mol. The van der Waals surface area contributed by atoms with Gasteiger partial charge in [-0.3, -0.25) is 0 Å². The summed E-state index contributed by atoms with van der Waals surface area (Å²) >= 11 is 0. The predicted octanol–water partition coefficient (Wildman–Crippen LogP) is 4.58. The number of hydrogen-bond acceptors (Lipinski definition) is 1. The minimum Gasteiger partial charge on any atom is -0.347 e. The largest absolute Gasteiger partial charge is 0.347 e. The van der Waals surface area contributed by atoms with Crippen molar-refractivity contribution in [2.45, 2.75) is 59.7 Å². The van der Waals surface area contributed by atoms with Crippen LogP contribution in [0.25, 0.3) is 10.9 Å². The highest BCUT2D eigenvalue weighted by atomic mass is 15.0. The normalized spacial score (nSPS) is 11.9. The summed E-state index contributed by atoms with van der Waals surface area (Å²) in [5.41, 5.74) is 2.79. The highest BCUT2D eigenvalue weighted by Gasteiger charge is 2.11. The summed E-state index contributed by atoms with van der Waals surface area (Å²) in [5, 5.41) is 4.93. The zero-order valence-corrected chi connectivity index (χ0v) is 13.3. The van der Waals surface area contributed by atoms with E-state index in [1.807, 2.05) is 0 Å². The molecule has 0 saturated heterocycles. The molecule has 1 aromatic carbocycles. The zero-order valence-electron chi connectivity index (χ0n) is 13.3. The van der Waals surface area contributed by atoms with Gasteiger partial charge in [-0.15, -0.1) is 0 Å². The van der Waals surface area contributed by atoms with Crippen LogP contribution in [0.5, 0.6) is 0 Å². The van der Waals surface area contributed by atoms with Gasteiger partial charge < -0.3 is 9.88 Å². The molecule has 2 rings (SSSR count). The van der Waals surface area contributed by atoms with Crippen LogP contribution in [0.1, 0.15) is 46.1 Å². The highest BCUT2D eigenvalue weighted by molar-refractivity contribution is 5.83. The molecule has 1 aromatic heterocycles. The summed E-state index contributed by atoms with van der Waals surface area (Å²) in [4.78, 5) is 0. The average Bonchev–Trinajstić information content (AvgIpc) is 2.81. The maximum absolute atomic E-state index is 3.54. The summed E-state index contributed by atoms with van der Waals surface area (Å²) in [6, 6.07) is 9.30. The number of nitrogens with zero attached hydrogens (tertiary/aromatic N) is 1. The molecule has 0 spiro atoms. The Bertz CT molecular complexity index is 535. The molecule has 1 heterocycles. The molecule has 0 atom stereocenters. The van der Waals surface area contributed by atoms with Gasteiger partial charge in [-0.2, -0.15) is 0 Å². The molecule has 0 unspecified atom stereocenters. The third-order valence-electron chi connectivity index (χ3n) is 4.18. The second kappa shape index (κ2) is 6.94. The number of nitrogens with one attached hydrogen (secondary N) is 1. The second-order valence-corrected chi connectivity index (χ2v) is 6.04. The van der Waals surface area contributed by atoms with Crippen LogP contribution in [0.4, 0.5) is 0 Å². The molecule has 1 N–H and O–H groups in total. The van der Waals surface area contributed by atoms with Crippen molar-refractivity contribution in [1.82, 2.24) is 9.88 Å². The fourth-order valence-electron chi connectivity index (χ4n) is 2.75. The molecule has 2 aromatic rings. The van der Waals surface area contributed by atoms with Gasteiger partial charge in [0.2, 0.25) is 0 Å². The van der Waals surface area contributed by atoms with E-state index in [9.17, 15) is 0 Å². The SMILES string of the molecule is CCC(CC)Cn1cc(CNC(C)C)c2ccccc21. The van der Waals surface area contributed by atoms with Gasteiger partial charge in [0.1, 0.15) is 0 Å². The van der Waals surface area contributed by atoms with E-state index in [2.05, 4.69) is 68.0 Å². The van der Waals surface area contributed by atoms with Crippen LogP contribution in [-0.2, 0) is 13.1 Å². The third-order valence-corrected chi connectivity index (χ3v) is 4.18. The van der Waals surface area contributed by atoms with Crippen LogP contribution < -0.4 is 5.32 Å². The van der Waals surface area contributed by atoms with Gasteiger partial charge in [-0.1, -0.05) is 58.7 Å². The Morgan fingerprint density at radius 3 is 2.45 bits per heavy atom. The summed E-state index contributed by atoms with van der Waals surface area (Å²) in [6.45, 7) is 11.1. The van der Waals surface area contributed by atoms with E-state index in [1.54, 1.807) is 0 Å². The summed E-state index contributed by atoms with van der Waals surface area (Å²) in [6.07, 6.45) is 4.85. The van der Waals surface area contributed by atoms with E-state index in [1.165, 1.54) is 29.3 Å². The van der Waals surface area contributed by atoms with E-state index in [-0.39, 0.29) is 0 Å². The van der Waals surface area contributed by atoms with Crippen molar-refractivity contribution < 1.29 is 0 Å². The highest BCUT2D eigenvalue weighted by Crippen LogP contribution is 2.23. The molecular formula is C18H28N2. The van der Waals surface area contributed by atoms with Crippen LogP contribution in [-0.4, -0.2) is 10.6 Å². The van der Waals surface area contributed by atoms with Gasteiger partial charge >= 0.3 is 0 Å². The van der Waals surface area contributed by atoms with Crippen molar-refractivity contribution in [3.8, 4) is 0 Å². The van der Waals surface area contributed by atoms with E-state index in [0.29, 0.717) is 6.04 Å². The first-order chi connectivity index (χ1) is 9.65. The summed E-state index contributed by atoms with van der Waals surface area (Å²) in [7, 11) is 0. The summed E-state index contributed by atoms with van der Waals surface area (Å²) < 4.78 is 2.45. The lowest BCUT2D eigenvalue weighted by atomic mass is 10.0. The summed E-state index contributed by atoms with van der Waals surface area (Å²) in [5.74, 6) is 0.775. The topological polar surface area (TPSA) is 17.0 Å². The lowest BCUT2D eigenvalue weighted by Crippen LogP contribution is -2.21. The predicted molar refractivity (Wildman–Crippen MR) is 88.0 cm³/mol. The lowest BCUT2D eigenvalue weighted by molar-refractivity contribution is 0.424. The van der Waals surface area contributed by atoms with E-state index < -0.39 is 0 Å². The van der Waals surface area contributed by atoms with Crippen LogP contribution in [0.15, 0.2) is 30.5 Å². The van der Waals surface area contributed by atoms with Crippen LogP contribution >= 0.6 is 0 Å². The van der Waals surface area contributed by atoms with Crippen LogP contribution in [0.2, 0.25) is 0 Å². The second-order valence-electron chi connectivity index (χ2n) is 6.04. The van der Waals surface area contributed by atoms with Crippen LogP contribution in [0, 0.1) is 5.92 Å². The minimum atomic E-state index is 0.524. The molecule has 0 aliphatic heterocycles. The Labute approximate surface area is 123 Å². The smallest absolute Gasteiger partial charge is 0.0483 e. The first kappa shape index (κ1) is 15.1. The van der Waals surface area contributed by atoms with Gasteiger partial charge in [0, 0.05) is 36.2 Å². The van der Waals surface area contributed by atoms with Gasteiger partial charge in [-0.05, 0) is 17.5 Å². The van der Waals surface area contributed by atoms with Crippen molar-refractivity contribution >= 4 is 10.9 Å². The first-order valence-electron chi connectivity index (χ1n) is 7.95. The third kappa shape index (κ3) is 3.43. The number of para-hydroxylation sites is 1. The van der Waals surface area contributed by atoms with Crippen molar-refractivity contribution in [2.75, 3.05) is 0 Å². The zero-order chi connectivity index (χ0) is 14.5. The lowest BCUT2D eigenvalue weighted by Gasteiger charge is -2.14. The maximum Gasteiger partial charge on any atom is 0.0483 e. The number of aromatic nitrogens is 1. The molecule has 0 bridgehead atoms. The number of fused-ring (bicyclic) bond motifs is 1. The molecular weight excluding hydrogens is 244 g/mol. The Balaban J connectivity index is 2.30. The molecule has 0 radical (unpaired) electrons. The minimum absolute atomic E-state index is 0.524. The van der Waals surface area contributed by atoms with Crippen molar-refractivity contribution in [3.05, 3.63) is 36.0 Å². The van der Waals surface area contributed by atoms with Crippen LogP contribution in [0.3, 0.4) is 0 Å². The quantitative estimate of drug-likeness (QED) is 0.781. The molecule has 0 saturated carbocycles. The van der Waals surface area contributed by atoms with E-state index in [4.69, 9.17) is 0 Å². The van der Waals surface area contributed by atoms with Gasteiger partial charge in [0.05, 0.1) is 0 Å². The van der Waals surface area contributed by atoms with E-state index in [0.717, 1.165) is 19.0 Å². The standard InChI is InChI=1S/C18H28N2/c1-5-15(6-2)12-20-13-16(11-19-14(3)4)17-9-7-8-10-18(17)20/h7-10,13-15,19H,5-6,11-12H2,1-4H3.